The minimum absolute atomic E-state index is 0.232. The molecule has 2 N–H and O–H groups in total. The third-order valence-corrected chi connectivity index (χ3v) is 3.51. The topological polar surface area (TPSA) is 43.8 Å². The lowest BCUT2D eigenvalue weighted by atomic mass is 10.1. The number of anilines is 1. The lowest BCUT2D eigenvalue weighted by molar-refractivity contribution is 0.646. The van der Waals surface area contributed by atoms with Gasteiger partial charge in [-0.15, -0.1) is 0 Å². The molecule has 20 heavy (non-hydrogen) atoms. The van der Waals surface area contributed by atoms with Crippen molar-refractivity contribution >= 4 is 5.69 Å². The fraction of sp³-hybridized carbons (Fsp3) is 0.118. The first-order valence-electron chi connectivity index (χ1n) is 6.69. The molecule has 0 aliphatic heterocycles. The van der Waals surface area contributed by atoms with Gasteiger partial charge in [-0.1, -0.05) is 42.5 Å². The van der Waals surface area contributed by atoms with Gasteiger partial charge in [0.1, 0.15) is 5.82 Å². The summed E-state index contributed by atoms with van der Waals surface area (Å²) >= 11 is 0. The number of nitrogens with two attached hydrogens (primary N) is 1. The summed E-state index contributed by atoms with van der Waals surface area (Å²) in [6.07, 6.45) is 3.84. The summed E-state index contributed by atoms with van der Waals surface area (Å²) in [6, 6.07) is 18.5. The second kappa shape index (κ2) is 5.21. The van der Waals surface area contributed by atoms with Crippen molar-refractivity contribution in [2.24, 2.45) is 0 Å². The summed E-state index contributed by atoms with van der Waals surface area (Å²) in [5.41, 5.74) is 8.92. The molecule has 3 aromatic rings. The molecule has 0 aliphatic carbocycles. The van der Waals surface area contributed by atoms with Crippen molar-refractivity contribution in [1.29, 1.82) is 0 Å². The fourth-order valence-electron chi connectivity index (χ4n) is 2.42. The highest BCUT2D eigenvalue weighted by atomic mass is 15.1. The molecule has 1 atom stereocenters. The summed E-state index contributed by atoms with van der Waals surface area (Å²) < 4.78 is 2.17. The van der Waals surface area contributed by atoms with Gasteiger partial charge in [0, 0.05) is 23.6 Å². The van der Waals surface area contributed by atoms with Crippen LogP contribution in [0.1, 0.15) is 18.5 Å². The molecular formula is C17H17N3. The number of nitrogen functional groups attached to an aromatic ring is 1. The van der Waals surface area contributed by atoms with Crippen LogP contribution in [-0.2, 0) is 0 Å². The van der Waals surface area contributed by atoms with Crippen molar-refractivity contribution in [2.75, 3.05) is 5.73 Å². The van der Waals surface area contributed by atoms with Crippen molar-refractivity contribution in [3.05, 3.63) is 72.6 Å². The molecule has 3 heteroatoms. The maximum Gasteiger partial charge on any atom is 0.140 e. The number of rotatable bonds is 3. The standard InChI is InChI=1S/C17H17N3/c1-13(14-6-3-2-4-7-14)20-11-10-19-17(20)15-8-5-9-16(18)12-15/h2-13H,18H2,1H3. The number of imidazole rings is 1. The van der Waals surface area contributed by atoms with Crippen LogP contribution < -0.4 is 5.73 Å². The molecule has 3 rings (SSSR count). The Morgan fingerprint density at radius 3 is 2.60 bits per heavy atom. The average molecular weight is 263 g/mol. The van der Waals surface area contributed by atoms with Gasteiger partial charge >= 0.3 is 0 Å². The molecule has 3 nitrogen and oxygen atoms in total. The monoisotopic (exact) mass is 263 g/mol. The molecule has 0 radical (unpaired) electrons. The van der Waals surface area contributed by atoms with Crippen LogP contribution in [0.2, 0.25) is 0 Å². The van der Waals surface area contributed by atoms with Gasteiger partial charge in [-0.2, -0.15) is 0 Å². The van der Waals surface area contributed by atoms with Crippen LogP contribution in [0.25, 0.3) is 11.4 Å². The van der Waals surface area contributed by atoms with E-state index in [1.807, 2.05) is 42.7 Å². The Kier molecular flexibility index (Phi) is 3.25. The Labute approximate surface area is 118 Å². The first-order valence-corrected chi connectivity index (χ1v) is 6.69. The molecule has 1 aromatic heterocycles. The van der Waals surface area contributed by atoms with Gasteiger partial charge in [-0.05, 0) is 24.6 Å². The zero-order valence-electron chi connectivity index (χ0n) is 11.4. The predicted octanol–water partition coefficient (Wildman–Crippen LogP) is 3.74. The number of aromatic nitrogens is 2. The smallest absolute Gasteiger partial charge is 0.140 e. The second-order valence-electron chi connectivity index (χ2n) is 4.87. The molecule has 2 aromatic carbocycles. The van der Waals surface area contributed by atoms with Gasteiger partial charge in [0.15, 0.2) is 0 Å². The van der Waals surface area contributed by atoms with E-state index < -0.39 is 0 Å². The average Bonchev–Trinajstić information content (AvgIpc) is 2.97. The third-order valence-electron chi connectivity index (χ3n) is 3.51. The minimum Gasteiger partial charge on any atom is -0.399 e. The predicted molar refractivity (Wildman–Crippen MR) is 82.3 cm³/mol. The second-order valence-corrected chi connectivity index (χ2v) is 4.87. The molecule has 0 saturated heterocycles. The molecule has 100 valence electrons. The Balaban J connectivity index is 2.03. The van der Waals surface area contributed by atoms with E-state index in [4.69, 9.17) is 5.73 Å². The number of hydrogen-bond donors (Lipinski definition) is 1. The highest BCUT2D eigenvalue weighted by molar-refractivity contribution is 5.61. The van der Waals surface area contributed by atoms with Crippen LogP contribution in [0.4, 0.5) is 5.69 Å². The van der Waals surface area contributed by atoms with Crippen molar-refractivity contribution < 1.29 is 0 Å². The normalized spacial score (nSPS) is 12.2. The first-order chi connectivity index (χ1) is 9.75. The Hall–Kier alpha value is -2.55. The summed E-state index contributed by atoms with van der Waals surface area (Å²) in [7, 11) is 0. The SMILES string of the molecule is CC(c1ccccc1)n1ccnc1-c1cccc(N)c1. The summed E-state index contributed by atoms with van der Waals surface area (Å²) in [4.78, 5) is 4.48. The molecule has 0 saturated carbocycles. The fourth-order valence-corrected chi connectivity index (χ4v) is 2.42. The van der Waals surface area contributed by atoms with Crippen LogP contribution in [0.3, 0.4) is 0 Å². The van der Waals surface area contributed by atoms with Gasteiger partial charge in [0.05, 0.1) is 6.04 Å². The minimum atomic E-state index is 0.232. The van der Waals surface area contributed by atoms with E-state index in [-0.39, 0.29) is 6.04 Å². The van der Waals surface area contributed by atoms with Crippen LogP contribution in [-0.4, -0.2) is 9.55 Å². The van der Waals surface area contributed by atoms with Crippen LogP contribution >= 0.6 is 0 Å². The van der Waals surface area contributed by atoms with E-state index in [1.165, 1.54) is 5.56 Å². The lowest BCUT2D eigenvalue weighted by Gasteiger charge is -2.17. The number of nitrogens with zero attached hydrogens (tertiary/aromatic N) is 2. The molecule has 0 bridgehead atoms. The Morgan fingerprint density at radius 2 is 1.85 bits per heavy atom. The van der Waals surface area contributed by atoms with Gasteiger partial charge in [-0.25, -0.2) is 4.98 Å². The largest absolute Gasteiger partial charge is 0.399 e. The van der Waals surface area contributed by atoms with Crippen molar-refractivity contribution in [3.8, 4) is 11.4 Å². The quantitative estimate of drug-likeness (QED) is 0.731. The molecule has 0 fully saturated rings. The Morgan fingerprint density at radius 1 is 1.05 bits per heavy atom. The summed E-state index contributed by atoms with van der Waals surface area (Å²) in [5.74, 6) is 0.939. The van der Waals surface area contributed by atoms with Crippen LogP contribution in [0.5, 0.6) is 0 Å². The van der Waals surface area contributed by atoms with E-state index in [2.05, 4.69) is 40.7 Å². The van der Waals surface area contributed by atoms with E-state index >= 15 is 0 Å². The third kappa shape index (κ3) is 2.30. The highest BCUT2D eigenvalue weighted by Crippen LogP contribution is 2.26. The molecule has 1 heterocycles. The Bertz CT molecular complexity index is 701. The van der Waals surface area contributed by atoms with E-state index in [0.29, 0.717) is 0 Å². The molecule has 0 spiro atoms. The zero-order valence-corrected chi connectivity index (χ0v) is 11.4. The molecule has 0 amide bonds. The van der Waals surface area contributed by atoms with Crippen LogP contribution in [0, 0.1) is 0 Å². The maximum absolute atomic E-state index is 5.86. The van der Waals surface area contributed by atoms with Gasteiger partial charge in [0.25, 0.3) is 0 Å². The van der Waals surface area contributed by atoms with Crippen molar-refractivity contribution in [2.45, 2.75) is 13.0 Å². The van der Waals surface area contributed by atoms with Crippen molar-refractivity contribution in [3.63, 3.8) is 0 Å². The van der Waals surface area contributed by atoms with Gasteiger partial charge < -0.3 is 10.3 Å². The molecule has 0 aliphatic rings. The number of benzene rings is 2. The van der Waals surface area contributed by atoms with E-state index in [1.54, 1.807) is 0 Å². The van der Waals surface area contributed by atoms with Gasteiger partial charge in [-0.3, -0.25) is 0 Å². The highest BCUT2D eigenvalue weighted by Gasteiger charge is 2.13. The number of hydrogen-bond acceptors (Lipinski definition) is 2. The lowest BCUT2D eigenvalue weighted by Crippen LogP contribution is -2.07. The van der Waals surface area contributed by atoms with Crippen molar-refractivity contribution in [1.82, 2.24) is 9.55 Å². The maximum atomic E-state index is 5.86. The van der Waals surface area contributed by atoms with E-state index in [9.17, 15) is 0 Å². The molecule has 1 unspecified atom stereocenters. The van der Waals surface area contributed by atoms with Gasteiger partial charge in [0.2, 0.25) is 0 Å². The van der Waals surface area contributed by atoms with Crippen LogP contribution in [0.15, 0.2) is 67.0 Å². The zero-order chi connectivity index (χ0) is 13.9. The summed E-state index contributed by atoms with van der Waals surface area (Å²) in [5, 5.41) is 0. The summed E-state index contributed by atoms with van der Waals surface area (Å²) in [6.45, 7) is 2.17. The first kappa shape index (κ1) is 12.5. The molecular weight excluding hydrogens is 246 g/mol. The van der Waals surface area contributed by atoms with E-state index in [0.717, 1.165) is 17.1 Å².